The molecule has 0 aromatic carbocycles. The van der Waals surface area contributed by atoms with E-state index in [2.05, 4.69) is 35.9 Å². The van der Waals surface area contributed by atoms with Gasteiger partial charge in [0.2, 0.25) is 0 Å². The van der Waals surface area contributed by atoms with Gasteiger partial charge in [0.05, 0.1) is 39.4 Å². The molecule has 0 radical (unpaired) electrons. The molecule has 17 nitrogen and oxygen atoms in total. The smallest absolute Gasteiger partial charge is 0.430 e. The third-order valence-corrected chi connectivity index (χ3v) is 11.8. The van der Waals surface area contributed by atoms with Gasteiger partial charge in [-0.3, -0.25) is 24.1 Å². The number of alkyl halides is 6. The molecule has 0 aliphatic heterocycles. The number of hydrogen-bond donors (Lipinski definition) is 4. The van der Waals surface area contributed by atoms with Crippen LogP contribution in [0.5, 0.6) is 0 Å². The normalized spacial score (nSPS) is 11.7. The van der Waals surface area contributed by atoms with E-state index in [1.807, 2.05) is 0 Å². The standard InChI is InChI=1S/C49H97N5O8.2C2HF3O2/c1-3-5-7-9-11-13-15-17-19-21-23-25-27-29-39-59-46(55)32-31-45(49(58)62-40-30-28-26-24-22-20-18-16-14-12-10-8-6-4-2)54(43-47(56)60-41-37-52-35-33-50)44-48(57)61-42-38-53-36-34-51;2*3-2(4,5)1(6)7/h45,52-53H,3-44,50-51H2,1-2H3;2*(H,6,7). The first-order valence-electron chi connectivity index (χ1n) is 28.2. The largest absolute Gasteiger partial charge is 0.542 e. The average molecular weight is 1110 g/mol. The van der Waals surface area contributed by atoms with Crippen molar-refractivity contribution in [2.24, 2.45) is 0 Å². The van der Waals surface area contributed by atoms with Crippen LogP contribution in [0.3, 0.4) is 0 Å². The molecule has 0 spiro atoms. The lowest BCUT2D eigenvalue weighted by Crippen LogP contribution is -2.54. The number of nitrogens with one attached hydrogen (secondary N) is 2. The number of esters is 4. The van der Waals surface area contributed by atoms with Crippen LogP contribution in [-0.4, -0.2) is 138 Å². The number of carboxylic acid groups (broad SMARTS) is 2. The first kappa shape index (κ1) is 76.4. The predicted molar refractivity (Wildman–Crippen MR) is 272 cm³/mol. The minimum atomic E-state index is -5.19. The highest BCUT2D eigenvalue weighted by Gasteiger charge is 2.33. The highest BCUT2D eigenvalue weighted by atomic mass is 19.4. The summed E-state index contributed by atoms with van der Waals surface area (Å²) in [4.78, 5) is 71.7. The summed E-state index contributed by atoms with van der Waals surface area (Å²) in [5.41, 5.74) is 7.59. The Morgan fingerprint density at radius 3 is 1.00 bits per heavy atom. The number of ether oxygens (including phenoxy) is 4. The third-order valence-electron chi connectivity index (χ3n) is 11.8. The summed E-state index contributed by atoms with van der Waals surface area (Å²) in [6.07, 6.45) is 24.2. The van der Waals surface area contributed by atoms with Crippen LogP contribution in [-0.2, 0) is 47.7 Å². The Morgan fingerprint density at radius 2 is 0.711 bits per heavy atom. The van der Waals surface area contributed by atoms with E-state index in [1.165, 1.54) is 146 Å². The van der Waals surface area contributed by atoms with E-state index in [0.29, 0.717) is 45.9 Å². The van der Waals surface area contributed by atoms with E-state index in [4.69, 9.17) is 38.7 Å². The molecule has 0 fully saturated rings. The van der Waals surface area contributed by atoms with Gasteiger partial charge >= 0.3 is 36.2 Å². The van der Waals surface area contributed by atoms with Crippen molar-refractivity contribution < 1.29 is 95.7 Å². The monoisotopic (exact) mass is 1110 g/mol. The summed E-state index contributed by atoms with van der Waals surface area (Å²) in [7, 11) is 0. The fourth-order valence-corrected chi connectivity index (χ4v) is 7.50. The molecular weight excluding hydrogens is 1010 g/mol. The molecule has 0 rings (SSSR count). The lowest BCUT2D eigenvalue weighted by molar-refractivity contribution is -0.365. The number of halogens is 6. The maximum atomic E-state index is 13.7. The van der Waals surface area contributed by atoms with E-state index in [1.54, 1.807) is 0 Å². The highest BCUT2D eigenvalue weighted by Crippen LogP contribution is 2.17. The molecule has 0 aliphatic rings. The molecule has 450 valence electrons. The molecule has 76 heavy (non-hydrogen) atoms. The van der Waals surface area contributed by atoms with Gasteiger partial charge in [0.1, 0.15) is 31.2 Å². The van der Waals surface area contributed by atoms with Crippen LogP contribution < -0.4 is 32.3 Å². The average Bonchev–Trinajstić information content (AvgIpc) is 3.36. The van der Waals surface area contributed by atoms with Crippen LogP contribution in [0, 0.1) is 0 Å². The summed E-state index contributed by atoms with van der Waals surface area (Å²) >= 11 is 0. The minimum Gasteiger partial charge on any atom is -0.542 e. The molecule has 23 heteroatoms. The van der Waals surface area contributed by atoms with Gasteiger partial charge in [-0.15, -0.1) is 0 Å². The number of quaternary nitrogens is 2. The van der Waals surface area contributed by atoms with Gasteiger partial charge in [-0.2, -0.15) is 26.3 Å². The fourth-order valence-electron chi connectivity index (χ4n) is 7.50. The first-order chi connectivity index (χ1) is 36.3. The molecule has 1 unspecified atom stereocenters. The van der Waals surface area contributed by atoms with Gasteiger partial charge in [-0.25, -0.2) is 0 Å². The maximum absolute atomic E-state index is 13.7. The zero-order valence-corrected chi connectivity index (χ0v) is 46.3. The Bertz CT molecular complexity index is 1370. The lowest BCUT2D eigenvalue weighted by Gasteiger charge is -2.28. The SMILES string of the molecule is CCCCCCCCCCCCCCCCOC(=O)CCC(C(=O)OCCCCCCCCCCCCCCCC)N(CC(=O)OCCNCC[NH3+])CC(=O)OCCNCC[NH3+].O=C([O-])C(F)(F)F.O=C([O-])C(F)(F)F. The molecule has 0 saturated carbocycles. The molecule has 0 aromatic rings. The lowest BCUT2D eigenvalue weighted by atomic mass is 10.0. The fraction of sp³-hybridized carbons (Fsp3) is 0.887. The molecule has 0 bridgehead atoms. The number of carboxylic acids is 2. The quantitative estimate of drug-likeness (QED) is 0.0242. The van der Waals surface area contributed by atoms with Crippen LogP contribution in [0.4, 0.5) is 26.3 Å². The van der Waals surface area contributed by atoms with Crippen LogP contribution >= 0.6 is 0 Å². The summed E-state index contributed by atoms with van der Waals surface area (Å²) in [5, 5.41) is 23.8. The Kier molecular flexibility index (Phi) is 54.9. The summed E-state index contributed by atoms with van der Waals surface area (Å²) in [6, 6.07) is -1.04. The maximum Gasteiger partial charge on any atom is 0.430 e. The van der Waals surface area contributed by atoms with Crippen molar-refractivity contribution in [2.75, 3.05) is 78.8 Å². The van der Waals surface area contributed by atoms with Crippen LogP contribution in [0.1, 0.15) is 206 Å². The first-order valence-corrected chi connectivity index (χ1v) is 28.2. The molecule has 0 aliphatic carbocycles. The van der Waals surface area contributed by atoms with Crippen molar-refractivity contribution >= 4 is 35.8 Å². The van der Waals surface area contributed by atoms with Crippen molar-refractivity contribution in [3.63, 3.8) is 0 Å². The topological polar surface area (TPSA) is 268 Å². The van der Waals surface area contributed by atoms with Crippen molar-refractivity contribution in [3.8, 4) is 0 Å². The number of nitrogens with zero attached hydrogens (tertiary/aromatic N) is 1. The number of carbonyl (C=O) groups excluding carboxylic acids is 6. The Labute approximate surface area is 449 Å². The number of hydrogen-bond acceptors (Lipinski definition) is 15. The number of rotatable bonds is 49. The summed E-state index contributed by atoms with van der Waals surface area (Å²) in [5.74, 6) is -8.18. The second-order valence-corrected chi connectivity index (χ2v) is 18.8. The van der Waals surface area contributed by atoms with Gasteiger partial charge < -0.3 is 60.9 Å². The van der Waals surface area contributed by atoms with Crippen molar-refractivity contribution in [1.82, 2.24) is 15.5 Å². The number of aliphatic carboxylic acids is 2. The third kappa shape index (κ3) is 56.4. The molecule has 8 N–H and O–H groups in total. The summed E-state index contributed by atoms with van der Waals surface area (Å²) < 4.78 is 85.3. The van der Waals surface area contributed by atoms with Gasteiger partial charge in [0.25, 0.3) is 0 Å². The van der Waals surface area contributed by atoms with Crippen LogP contribution in [0.25, 0.3) is 0 Å². The van der Waals surface area contributed by atoms with E-state index in [-0.39, 0.29) is 45.8 Å². The molecule has 1 atom stereocenters. The highest BCUT2D eigenvalue weighted by molar-refractivity contribution is 5.81. The van der Waals surface area contributed by atoms with Gasteiger partial charge in [0.15, 0.2) is 0 Å². The minimum absolute atomic E-state index is 0.0335. The van der Waals surface area contributed by atoms with Crippen molar-refractivity contribution in [2.45, 2.75) is 225 Å². The van der Waals surface area contributed by atoms with E-state index in [9.17, 15) is 45.5 Å². The van der Waals surface area contributed by atoms with Gasteiger partial charge in [0, 0.05) is 32.6 Å². The van der Waals surface area contributed by atoms with E-state index in [0.717, 1.165) is 38.5 Å². The Hall–Kier alpha value is -3.80. The van der Waals surface area contributed by atoms with Gasteiger partial charge in [-0.1, -0.05) is 181 Å². The van der Waals surface area contributed by atoms with Crippen LogP contribution in [0.15, 0.2) is 0 Å². The number of unbranched alkanes of at least 4 members (excludes halogenated alkanes) is 26. The summed E-state index contributed by atoms with van der Waals surface area (Å²) in [6.45, 7) is 8.40. The molecule has 0 amide bonds. The van der Waals surface area contributed by atoms with Gasteiger partial charge in [-0.05, 0) is 19.3 Å². The Morgan fingerprint density at radius 1 is 0.434 bits per heavy atom. The van der Waals surface area contributed by atoms with E-state index >= 15 is 0 Å². The zero-order chi connectivity index (χ0) is 57.6. The zero-order valence-electron chi connectivity index (χ0n) is 46.3. The van der Waals surface area contributed by atoms with Crippen LogP contribution in [0.2, 0.25) is 0 Å². The molecule has 0 aromatic heterocycles. The van der Waals surface area contributed by atoms with Crippen molar-refractivity contribution in [3.05, 3.63) is 0 Å². The molecule has 0 saturated heterocycles. The second kappa shape index (κ2) is 54.6. The second-order valence-electron chi connectivity index (χ2n) is 18.8. The van der Waals surface area contributed by atoms with Crippen molar-refractivity contribution in [1.29, 1.82) is 0 Å². The number of carbonyl (C=O) groups is 6. The molecular formula is C53H99F6N5O12. The predicted octanol–water partition coefficient (Wildman–Crippen LogP) is 5.83. The molecule has 0 heterocycles. The Balaban J connectivity index is -0.00000331. The van der Waals surface area contributed by atoms with E-state index < -0.39 is 54.2 Å².